The zero-order chi connectivity index (χ0) is 10.4. The van der Waals surface area contributed by atoms with Crippen molar-refractivity contribution >= 4 is 31.9 Å². The Bertz CT molecular complexity index is 288. The lowest BCUT2D eigenvalue weighted by atomic mass is 10.1. The molecule has 0 fully saturated rings. The fourth-order valence-electron chi connectivity index (χ4n) is 1.12. The fraction of sp³-hybridized carbons (Fsp3) is 0.273. The molecule has 0 saturated heterocycles. The first-order chi connectivity index (χ1) is 6.80. The van der Waals surface area contributed by atoms with E-state index in [2.05, 4.69) is 44.5 Å². The zero-order valence-corrected chi connectivity index (χ0v) is 11.0. The number of benzene rings is 1. The molecule has 1 rings (SSSR count). The monoisotopic (exact) mass is 318 g/mol. The summed E-state index contributed by atoms with van der Waals surface area (Å²) in [4.78, 5) is 0. The summed E-state index contributed by atoms with van der Waals surface area (Å²) in [6.07, 6.45) is 1.74. The number of hydrogen-bond acceptors (Lipinski definition) is 1. The van der Waals surface area contributed by atoms with E-state index >= 15 is 0 Å². The Labute approximate surface area is 101 Å². The fourth-order valence-corrected chi connectivity index (χ4v) is 1.77. The highest BCUT2D eigenvalue weighted by molar-refractivity contribution is 9.08. The number of hydrogen-bond donors (Lipinski definition) is 0. The Morgan fingerprint density at radius 3 is 2.14 bits per heavy atom. The Balaban J connectivity index is 2.86. The molecule has 0 unspecified atom stereocenters. The molecule has 0 N–H and O–H groups in total. The topological polar surface area (TPSA) is 9.23 Å². The summed E-state index contributed by atoms with van der Waals surface area (Å²) in [5.74, 6) is 0.899. The maximum Gasteiger partial charge on any atom is 0.120 e. The van der Waals surface area contributed by atoms with E-state index in [4.69, 9.17) is 4.74 Å². The number of alkyl halides is 2. The SMILES string of the molecule is C=CCOc1cc(CBr)cc(CBr)c1. The number of halogens is 2. The number of rotatable bonds is 5. The first-order valence-electron chi connectivity index (χ1n) is 4.28. The molecular formula is C11H12Br2O. The van der Waals surface area contributed by atoms with Crippen LogP contribution in [0.25, 0.3) is 0 Å². The molecule has 0 aliphatic heterocycles. The lowest BCUT2D eigenvalue weighted by Crippen LogP contribution is -1.94. The molecule has 0 aromatic heterocycles. The third-order valence-electron chi connectivity index (χ3n) is 1.70. The van der Waals surface area contributed by atoms with Gasteiger partial charge in [0.1, 0.15) is 12.4 Å². The van der Waals surface area contributed by atoms with Crippen LogP contribution in [0.2, 0.25) is 0 Å². The summed E-state index contributed by atoms with van der Waals surface area (Å²) in [6, 6.07) is 6.21. The standard InChI is InChI=1S/C11H12Br2O/c1-2-3-14-11-5-9(7-12)4-10(6-11)8-13/h2,4-6H,1,3,7-8H2. The largest absolute Gasteiger partial charge is 0.490 e. The van der Waals surface area contributed by atoms with Crippen LogP contribution in [0.1, 0.15) is 11.1 Å². The predicted molar refractivity (Wildman–Crippen MR) is 67.4 cm³/mol. The molecule has 14 heavy (non-hydrogen) atoms. The molecule has 0 radical (unpaired) electrons. The predicted octanol–water partition coefficient (Wildman–Crippen LogP) is 4.04. The zero-order valence-electron chi connectivity index (χ0n) is 7.80. The first-order valence-corrected chi connectivity index (χ1v) is 6.53. The van der Waals surface area contributed by atoms with Gasteiger partial charge in [0.2, 0.25) is 0 Å². The van der Waals surface area contributed by atoms with E-state index in [1.807, 2.05) is 12.1 Å². The van der Waals surface area contributed by atoms with Crippen LogP contribution in [-0.4, -0.2) is 6.61 Å². The van der Waals surface area contributed by atoms with E-state index in [-0.39, 0.29) is 0 Å². The van der Waals surface area contributed by atoms with Crippen molar-refractivity contribution in [3.05, 3.63) is 42.0 Å². The van der Waals surface area contributed by atoms with Gasteiger partial charge in [-0.05, 0) is 23.3 Å². The average Bonchev–Trinajstić information content (AvgIpc) is 2.25. The van der Waals surface area contributed by atoms with Gasteiger partial charge in [-0.2, -0.15) is 0 Å². The van der Waals surface area contributed by atoms with E-state index in [1.165, 1.54) is 11.1 Å². The third kappa shape index (κ3) is 3.46. The van der Waals surface area contributed by atoms with Crippen molar-refractivity contribution in [2.45, 2.75) is 10.7 Å². The normalized spacial score (nSPS) is 9.86. The smallest absolute Gasteiger partial charge is 0.120 e. The van der Waals surface area contributed by atoms with Crippen LogP contribution >= 0.6 is 31.9 Å². The molecule has 0 saturated carbocycles. The highest BCUT2D eigenvalue weighted by Gasteiger charge is 2.00. The van der Waals surface area contributed by atoms with Crippen LogP contribution in [0.15, 0.2) is 30.9 Å². The van der Waals surface area contributed by atoms with Gasteiger partial charge in [-0.25, -0.2) is 0 Å². The molecule has 0 atom stereocenters. The Morgan fingerprint density at radius 1 is 1.14 bits per heavy atom. The van der Waals surface area contributed by atoms with Crippen LogP contribution in [0.4, 0.5) is 0 Å². The second kappa shape index (κ2) is 6.25. The summed E-state index contributed by atoms with van der Waals surface area (Å²) < 4.78 is 5.48. The van der Waals surface area contributed by atoms with Crippen molar-refractivity contribution < 1.29 is 4.74 Å². The van der Waals surface area contributed by atoms with Gasteiger partial charge < -0.3 is 4.74 Å². The van der Waals surface area contributed by atoms with Crippen molar-refractivity contribution in [3.63, 3.8) is 0 Å². The summed E-state index contributed by atoms with van der Waals surface area (Å²) in [5, 5.41) is 1.69. The van der Waals surface area contributed by atoms with Gasteiger partial charge in [-0.15, -0.1) is 0 Å². The molecule has 1 aromatic rings. The molecule has 76 valence electrons. The minimum Gasteiger partial charge on any atom is -0.490 e. The average molecular weight is 320 g/mol. The van der Waals surface area contributed by atoms with Crippen LogP contribution in [0, 0.1) is 0 Å². The van der Waals surface area contributed by atoms with Crippen molar-refractivity contribution in [1.29, 1.82) is 0 Å². The Morgan fingerprint density at radius 2 is 1.71 bits per heavy atom. The molecule has 0 aliphatic rings. The second-order valence-corrected chi connectivity index (χ2v) is 3.97. The summed E-state index contributed by atoms with van der Waals surface area (Å²) in [6.45, 7) is 4.17. The van der Waals surface area contributed by atoms with E-state index in [1.54, 1.807) is 6.08 Å². The first kappa shape index (κ1) is 11.8. The molecule has 0 heterocycles. The third-order valence-corrected chi connectivity index (χ3v) is 3.00. The molecule has 0 spiro atoms. The van der Waals surface area contributed by atoms with Crippen molar-refractivity contribution in [2.75, 3.05) is 6.61 Å². The van der Waals surface area contributed by atoms with Gasteiger partial charge in [0.15, 0.2) is 0 Å². The molecule has 0 bridgehead atoms. The van der Waals surface area contributed by atoms with Crippen molar-refractivity contribution in [3.8, 4) is 5.75 Å². The Hall–Kier alpha value is -0.280. The quantitative estimate of drug-likeness (QED) is 0.588. The van der Waals surface area contributed by atoms with Crippen molar-refractivity contribution in [2.24, 2.45) is 0 Å². The molecule has 0 amide bonds. The second-order valence-electron chi connectivity index (χ2n) is 2.85. The Kier molecular flexibility index (Phi) is 5.26. The lowest BCUT2D eigenvalue weighted by molar-refractivity contribution is 0.362. The van der Waals surface area contributed by atoms with Crippen molar-refractivity contribution in [1.82, 2.24) is 0 Å². The van der Waals surface area contributed by atoms with Gasteiger partial charge in [0.05, 0.1) is 0 Å². The van der Waals surface area contributed by atoms with E-state index < -0.39 is 0 Å². The highest BCUT2D eigenvalue weighted by atomic mass is 79.9. The summed E-state index contributed by atoms with van der Waals surface area (Å²) in [5.41, 5.74) is 2.45. The molecule has 1 aromatic carbocycles. The summed E-state index contributed by atoms with van der Waals surface area (Å²) in [7, 11) is 0. The van der Waals surface area contributed by atoms with Gasteiger partial charge in [-0.1, -0.05) is 50.6 Å². The van der Waals surface area contributed by atoms with Gasteiger partial charge in [-0.3, -0.25) is 0 Å². The van der Waals surface area contributed by atoms with Crippen LogP contribution in [0.5, 0.6) is 5.75 Å². The van der Waals surface area contributed by atoms with Crippen LogP contribution in [-0.2, 0) is 10.7 Å². The van der Waals surface area contributed by atoms with E-state index in [9.17, 15) is 0 Å². The van der Waals surface area contributed by atoms with E-state index in [0.717, 1.165) is 16.4 Å². The van der Waals surface area contributed by atoms with Crippen LogP contribution in [0.3, 0.4) is 0 Å². The molecular weight excluding hydrogens is 308 g/mol. The number of ether oxygens (including phenoxy) is 1. The van der Waals surface area contributed by atoms with Gasteiger partial charge >= 0.3 is 0 Å². The van der Waals surface area contributed by atoms with E-state index in [0.29, 0.717) is 6.61 Å². The minimum atomic E-state index is 0.549. The van der Waals surface area contributed by atoms with Gasteiger partial charge in [0, 0.05) is 10.7 Å². The maximum atomic E-state index is 5.48. The minimum absolute atomic E-state index is 0.549. The van der Waals surface area contributed by atoms with Gasteiger partial charge in [0.25, 0.3) is 0 Å². The molecule has 1 nitrogen and oxygen atoms in total. The van der Waals surface area contributed by atoms with Crippen LogP contribution < -0.4 is 4.74 Å². The molecule has 0 aliphatic carbocycles. The summed E-state index contributed by atoms with van der Waals surface area (Å²) >= 11 is 6.86. The maximum absolute atomic E-state index is 5.48. The molecule has 3 heteroatoms. The lowest BCUT2D eigenvalue weighted by Gasteiger charge is -2.07. The highest BCUT2D eigenvalue weighted by Crippen LogP contribution is 2.20.